The lowest BCUT2D eigenvalue weighted by Crippen LogP contribution is -2.64. The summed E-state index contributed by atoms with van der Waals surface area (Å²) in [6.07, 6.45) is 14.8. The van der Waals surface area contributed by atoms with Gasteiger partial charge in [0.1, 0.15) is 43.2 Å². The van der Waals surface area contributed by atoms with Crippen molar-refractivity contribution in [3.05, 3.63) is 0 Å². The second-order valence-corrected chi connectivity index (χ2v) is 15.9. The van der Waals surface area contributed by atoms with E-state index in [1.165, 1.54) is 109 Å². The van der Waals surface area contributed by atoms with Crippen LogP contribution in [-0.2, 0) is 32.7 Å². The Hall–Kier alpha value is -1.15. The Morgan fingerprint density at radius 1 is 0.519 bits per heavy atom. The number of hydrogen-bond acceptors (Lipinski definition) is 12. The summed E-state index contributed by atoms with van der Waals surface area (Å²) in [4.78, 5) is 34.8. The molecule has 0 radical (unpaired) electrons. The van der Waals surface area contributed by atoms with Gasteiger partial charge in [-0.05, 0) is 12.8 Å². The highest BCUT2D eigenvalue weighted by Gasteiger charge is 2.51. The van der Waals surface area contributed by atoms with Crippen LogP contribution in [0.4, 0.5) is 0 Å². The van der Waals surface area contributed by atoms with E-state index in [9.17, 15) is 44.6 Å². The molecule has 1 fully saturated rings. The fourth-order valence-corrected chi connectivity index (χ4v) is 7.30. The number of hydrogen-bond donors (Lipinski definition) is 6. The number of ether oxygens (including phenoxy) is 2. The fourth-order valence-electron chi connectivity index (χ4n) is 6.32. The van der Waals surface area contributed by atoms with Gasteiger partial charge < -0.3 is 39.9 Å². The van der Waals surface area contributed by atoms with Gasteiger partial charge in [-0.15, -0.1) is 0 Å². The molecule has 0 bridgehead atoms. The molecule has 1 aliphatic rings. The van der Waals surface area contributed by atoms with E-state index in [1.807, 2.05) is 6.92 Å². The summed E-state index contributed by atoms with van der Waals surface area (Å²) >= 11 is 0. The van der Waals surface area contributed by atoms with Gasteiger partial charge in [0.25, 0.3) is 0 Å². The maximum atomic E-state index is 12.6. The second-order valence-electron chi connectivity index (χ2n) is 14.5. The topological polar surface area (TPSA) is 210 Å². The second kappa shape index (κ2) is 30.1. The molecule has 1 saturated carbocycles. The van der Waals surface area contributed by atoms with Gasteiger partial charge in [0.2, 0.25) is 0 Å². The summed E-state index contributed by atoms with van der Waals surface area (Å²) in [5.41, 5.74) is 0. The third-order valence-electron chi connectivity index (χ3n) is 9.70. The zero-order valence-electron chi connectivity index (χ0n) is 32.1. The van der Waals surface area contributed by atoms with Crippen molar-refractivity contribution in [1.29, 1.82) is 0 Å². The smallest absolute Gasteiger partial charge is 0.462 e. The van der Waals surface area contributed by atoms with Crippen LogP contribution in [0.5, 0.6) is 0 Å². The minimum Gasteiger partial charge on any atom is -0.462 e. The van der Waals surface area contributed by atoms with Crippen LogP contribution in [0.3, 0.4) is 0 Å². The Balaban J connectivity index is 2.25. The number of rotatable bonds is 33. The normalized spacial score (nSPS) is 23.6. The number of esters is 2. The number of phosphoric ester groups is 1. The maximum Gasteiger partial charge on any atom is 0.472 e. The van der Waals surface area contributed by atoms with Crippen molar-refractivity contribution in [2.75, 3.05) is 13.2 Å². The van der Waals surface area contributed by atoms with Crippen LogP contribution in [0.25, 0.3) is 0 Å². The molecule has 6 N–H and O–H groups in total. The SMILES string of the molecule is CCCCCCCCCCCCCCCCCCCCCCCC(=O)OC(COC(=O)CCCC)COP(=O)(O)OC1C(O)C(O)C(O)C(O)C1O. The molecule has 0 aromatic rings. The van der Waals surface area contributed by atoms with Gasteiger partial charge in [-0.3, -0.25) is 18.6 Å². The molecule has 1 rings (SSSR count). The van der Waals surface area contributed by atoms with Gasteiger partial charge in [-0.2, -0.15) is 0 Å². The molecule has 0 saturated heterocycles. The lowest BCUT2D eigenvalue weighted by Gasteiger charge is -2.41. The highest BCUT2D eigenvalue weighted by Crippen LogP contribution is 2.47. The number of phosphoric acid groups is 1. The summed E-state index contributed by atoms with van der Waals surface area (Å²) in [7, 11) is -5.09. The summed E-state index contributed by atoms with van der Waals surface area (Å²) < 4.78 is 32.9. The van der Waals surface area contributed by atoms with Crippen molar-refractivity contribution in [3.8, 4) is 0 Å². The van der Waals surface area contributed by atoms with E-state index in [0.717, 1.165) is 25.7 Å². The Labute approximate surface area is 312 Å². The Bertz CT molecular complexity index is 938. The van der Waals surface area contributed by atoms with Crippen LogP contribution >= 0.6 is 7.82 Å². The average Bonchev–Trinajstić information content (AvgIpc) is 3.12. The molecule has 0 aromatic heterocycles. The summed E-state index contributed by atoms with van der Waals surface area (Å²) in [6.45, 7) is 3.00. The maximum absolute atomic E-state index is 12.6. The quantitative estimate of drug-likeness (QED) is 0.0238. The van der Waals surface area contributed by atoms with Crippen LogP contribution in [0.2, 0.25) is 0 Å². The van der Waals surface area contributed by atoms with Crippen molar-refractivity contribution in [1.82, 2.24) is 0 Å². The van der Waals surface area contributed by atoms with E-state index >= 15 is 0 Å². The zero-order valence-corrected chi connectivity index (χ0v) is 33.0. The summed E-state index contributed by atoms with van der Waals surface area (Å²) in [5.74, 6) is -1.13. The summed E-state index contributed by atoms with van der Waals surface area (Å²) in [5, 5.41) is 49.7. The van der Waals surface area contributed by atoms with Crippen LogP contribution in [0.15, 0.2) is 0 Å². The fraction of sp³-hybridized carbons (Fsp3) is 0.947. The van der Waals surface area contributed by atoms with Gasteiger partial charge in [-0.25, -0.2) is 4.57 Å². The van der Waals surface area contributed by atoms with E-state index in [4.69, 9.17) is 18.5 Å². The molecule has 14 heteroatoms. The van der Waals surface area contributed by atoms with Gasteiger partial charge in [0.15, 0.2) is 6.10 Å². The predicted molar refractivity (Wildman–Crippen MR) is 198 cm³/mol. The van der Waals surface area contributed by atoms with Gasteiger partial charge in [0.05, 0.1) is 6.61 Å². The molecule has 52 heavy (non-hydrogen) atoms. The number of aliphatic hydroxyl groups is 5. The van der Waals surface area contributed by atoms with Crippen molar-refractivity contribution >= 4 is 19.8 Å². The molecule has 0 spiro atoms. The van der Waals surface area contributed by atoms with Gasteiger partial charge in [0, 0.05) is 12.8 Å². The number of unbranched alkanes of at least 4 members (excludes halogenated alkanes) is 21. The van der Waals surface area contributed by atoms with E-state index in [1.54, 1.807) is 0 Å². The van der Waals surface area contributed by atoms with Crippen molar-refractivity contribution < 1.29 is 63.1 Å². The molecule has 0 aromatic carbocycles. The lowest BCUT2D eigenvalue weighted by molar-refractivity contribution is -0.220. The Morgan fingerprint density at radius 3 is 1.31 bits per heavy atom. The lowest BCUT2D eigenvalue weighted by atomic mass is 9.85. The highest BCUT2D eigenvalue weighted by atomic mass is 31.2. The molecule has 0 amide bonds. The van der Waals surface area contributed by atoms with E-state index in [0.29, 0.717) is 12.8 Å². The van der Waals surface area contributed by atoms with Crippen LogP contribution < -0.4 is 0 Å². The third kappa shape index (κ3) is 22.9. The number of carbonyl (C=O) groups is 2. The Morgan fingerprint density at radius 2 is 0.885 bits per heavy atom. The molecule has 13 nitrogen and oxygen atoms in total. The first-order chi connectivity index (χ1) is 24.9. The number of aliphatic hydroxyl groups excluding tert-OH is 5. The standard InChI is InChI=1S/C38H73O13P/c1-3-5-7-8-9-10-11-12-13-14-15-16-17-18-19-20-21-22-23-24-25-27-32(40)50-30(28-48-31(39)26-6-4-2)29-49-52(46,47)51-38-36(44)34(42)33(41)35(43)37(38)45/h30,33-38,41-45H,3-29H2,1-2H3,(H,46,47). The summed E-state index contributed by atoms with van der Waals surface area (Å²) in [6, 6.07) is 0. The largest absolute Gasteiger partial charge is 0.472 e. The van der Waals surface area contributed by atoms with Crippen molar-refractivity contribution in [2.24, 2.45) is 0 Å². The van der Waals surface area contributed by atoms with Gasteiger partial charge >= 0.3 is 19.8 Å². The van der Waals surface area contributed by atoms with E-state index in [2.05, 4.69) is 6.92 Å². The molecule has 1 aliphatic carbocycles. The molecule has 308 valence electrons. The monoisotopic (exact) mass is 768 g/mol. The van der Waals surface area contributed by atoms with Gasteiger partial charge in [-0.1, -0.05) is 149 Å². The molecule has 6 unspecified atom stereocenters. The van der Waals surface area contributed by atoms with E-state index in [-0.39, 0.29) is 12.8 Å². The average molecular weight is 769 g/mol. The third-order valence-corrected chi connectivity index (χ3v) is 10.7. The molecule has 6 atom stereocenters. The first-order valence-electron chi connectivity index (χ1n) is 20.3. The molecular weight excluding hydrogens is 695 g/mol. The van der Waals surface area contributed by atoms with Crippen molar-refractivity contribution in [3.63, 3.8) is 0 Å². The first-order valence-corrected chi connectivity index (χ1v) is 21.8. The minimum absolute atomic E-state index is 0.102. The van der Waals surface area contributed by atoms with Crippen LogP contribution in [-0.4, -0.2) is 98.3 Å². The zero-order chi connectivity index (χ0) is 38.6. The van der Waals surface area contributed by atoms with Crippen molar-refractivity contribution in [2.45, 2.75) is 217 Å². The van der Waals surface area contributed by atoms with E-state index < -0.39 is 75.7 Å². The Kier molecular flexibility index (Phi) is 28.3. The van der Waals surface area contributed by atoms with Crippen LogP contribution in [0.1, 0.15) is 174 Å². The first kappa shape index (κ1) is 48.9. The minimum atomic E-state index is -5.09. The number of carbonyl (C=O) groups excluding carboxylic acids is 2. The predicted octanol–water partition coefficient (Wildman–Crippen LogP) is 6.55. The molecular formula is C38H73O13P. The highest BCUT2D eigenvalue weighted by molar-refractivity contribution is 7.47. The van der Waals surface area contributed by atoms with Crippen LogP contribution in [0, 0.1) is 0 Å². The molecule has 0 heterocycles. The molecule has 0 aliphatic heterocycles.